The summed E-state index contributed by atoms with van der Waals surface area (Å²) in [5.74, 6) is 0.0525. The van der Waals surface area contributed by atoms with Gasteiger partial charge in [-0.3, -0.25) is 14.5 Å². The van der Waals surface area contributed by atoms with E-state index >= 15 is 0 Å². The highest BCUT2D eigenvalue weighted by Crippen LogP contribution is 2.22. The molecule has 0 aromatic heterocycles. The third kappa shape index (κ3) is 5.42. The maximum atomic E-state index is 12.9. The van der Waals surface area contributed by atoms with Crippen molar-refractivity contribution in [3.8, 4) is 0 Å². The first-order chi connectivity index (χ1) is 13.5. The van der Waals surface area contributed by atoms with Crippen LogP contribution in [0.25, 0.3) is 0 Å². The molecule has 0 bridgehead atoms. The van der Waals surface area contributed by atoms with Crippen LogP contribution >= 0.6 is 0 Å². The van der Waals surface area contributed by atoms with E-state index in [2.05, 4.69) is 34.5 Å². The van der Waals surface area contributed by atoms with E-state index in [1.54, 1.807) is 18.9 Å². The van der Waals surface area contributed by atoms with Gasteiger partial charge in [0.2, 0.25) is 11.8 Å². The number of hydrogen-bond acceptors (Lipinski definition) is 3. The molecule has 3 rings (SSSR count). The lowest BCUT2D eigenvalue weighted by Crippen LogP contribution is -2.40. The highest BCUT2D eigenvalue weighted by atomic mass is 16.2. The summed E-state index contributed by atoms with van der Waals surface area (Å²) in [7, 11) is 1.77. The second kappa shape index (κ2) is 9.51. The van der Waals surface area contributed by atoms with Crippen LogP contribution in [0.4, 0.5) is 5.69 Å². The Morgan fingerprint density at radius 1 is 1.11 bits per heavy atom. The van der Waals surface area contributed by atoms with Crippen LogP contribution in [0.2, 0.25) is 0 Å². The quantitative estimate of drug-likeness (QED) is 0.836. The second-order valence-electron chi connectivity index (χ2n) is 7.58. The van der Waals surface area contributed by atoms with Crippen molar-refractivity contribution in [2.45, 2.75) is 32.9 Å². The van der Waals surface area contributed by atoms with E-state index in [4.69, 9.17) is 0 Å². The number of carbonyl (C=O) groups is 2. The SMILES string of the molecule is CC(=O)N(C)Cc1ccccc1NC(=O)C1CCCN(Cc2ccccc2)C1. The number of nitrogens with one attached hydrogen (secondary N) is 1. The van der Waals surface area contributed by atoms with Crippen molar-refractivity contribution in [2.75, 3.05) is 25.5 Å². The predicted molar refractivity (Wildman–Crippen MR) is 112 cm³/mol. The van der Waals surface area contributed by atoms with Crippen LogP contribution in [0.15, 0.2) is 54.6 Å². The highest BCUT2D eigenvalue weighted by molar-refractivity contribution is 5.93. The number of para-hydroxylation sites is 1. The average molecular weight is 380 g/mol. The van der Waals surface area contributed by atoms with Crippen LogP contribution in [0.3, 0.4) is 0 Å². The Labute approximate surface area is 167 Å². The first kappa shape index (κ1) is 20.1. The molecule has 1 aliphatic rings. The summed E-state index contributed by atoms with van der Waals surface area (Å²) in [5, 5.41) is 3.11. The normalized spacial score (nSPS) is 17.1. The lowest BCUT2D eigenvalue weighted by atomic mass is 9.96. The van der Waals surface area contributed by atoms with Gasteiger partial charge < -0.3 is 10.2 Å². The summed E-state index contributed by atoms with van der Waals surface area (Å²) in [6.07, 6.45) is 1.94. The topological polar surface area (TPSA) is 52.7 Å². The molecule has 2 amide bonds. The minimum absolute atomic E-state index is 0.00460. The molecule has 0 radical (unpaired) electrons. The standard InChI is InChI=1S/C23H29N3O2/c1-18(27)25(2)16-20-11-6-7-13-22(20)24-23(28)21-12-8-14-26(17-21)15-19-9-4-3-5-10-19/h3-7,9-11,13,21H,8,12,14-17H2,1-2H3,(H,24,28). The van der Waals surface area contributed by atoms with Gasteiger partial charge in [-0.15, -0.1) is 0 Å². The molecule has 1 fully saturated rings. The van der Waals surface area contributed by atoms with E-state index in [9.17, 15) is 9.59 Å². The molecule has 148 valence electrons. The minimum atomic E-state index is -0.0175. The number of nitrogens with zero attached hydrogens (tertiary/aromatic N) is 2. The lowest BCUT2D eigenvalue weighted by molar-refractivity contribution is -0.128. The maximum absolute atomic E-state index is 12.9. The van der Waals surface area contributed by atoms with Crippen LogP contribution < -0.4 is 5.32 Å². The number of rotatable bonds is 6. The Morgan fingerprint density at radius 2 is 1.82 bits per heavy atom. The zero-order valence-corrected chi connectivity index (χ0v) is 16.7. The molecule has 0 aliphatic carbocycles. The smallest absolute Gasteiger partial charge is 0.228 e. The molecule has 1 N–H and O–H groups in total. The first-order valence-electron chi connectivity index (χ1n) is 9.89. The van der Waals surface area contributed by atoms with Gasteiger partial charge in [0.15, 0.2) is 0 Å². The second-order valence-corrected chi connectivity index (χ2v) is 7.58. The van der Waals surface area contributed by atoms with Crippen molar-refractivity contribution in [1.82, 2.24) is 9.80 Å². The van der Waals surface area contributed by atoms with Crippen LogP contribution in [-0.4, -0.2) is 41.8 Å². The van der Waals surface area contributed by atoms with Gasteiger partial charge in [0.1, 0.15) is 0 Å². The Morgan fingerprint density at radius 3 is 2.57 bits per heavy atom. The number of amides is 2. The molecule has 28 heavy (non-hydrogen) atoms. The van der Waals surface area contributed by atoms with E-state index in [0.29, 0.717) is 6.54 Å². The van der Waals surface area contributed by atoms with Gasteiger partial charge >= 0.3 is 0 Å². The maximum Gasteiger partial charge on any atom is 0.228 e. The highest BCUT2D eigenvalue weighted by Gasteiger charge is 2.26. The summed E-state index contributed by atoms with van der Waals surface area (Å²) in [5.41, 5.74) is 3.02. The Bertz CT molecular complexity index is 807. The fourth-order valence-electron chi connectivity index (χ4n) is 3.64. The van der Waals surface area contributed by atoms with Gasteiger partial charge in [-0.2, -0.15) is 0 Å². The van der Waals surface area contributed by atoms with Crippen molar-refractivity contribution in [3.05, 3.63) is 65.7 Å². The average Bonchev–Trinajstić information content (AvgIpc) is 2.70. The summed E-state index contributed by atoms with van der Waals surface area (Å²) in [6, 6.07) is 18.1. The number of hydrogen-bond donors (Lipinski definition) is 1. The fourth-order valence-corrected chi connectivity index (χ4v) is 3.64. The summed E-state index contributed by atoms with van der Waals surface area (Å²) in [4.78, 5) is 28.5. The molecule has 1 unspecified atom stereocenters. The first-order valence-corrected chi connectivity index (χ1v) is 9.89. The number of benzene rings is 2. The third-order valence-electron chi connectivity index (χ3n) is 5.35. The van der Waals surface area contributed by atoms with E-state index < -0.39 is 0 Å². The molecule has 5 nitrogen and oxygen atoms in total. The molecule has 0 saturated carbocycles. The molecule has 0 spiro atoms. The lowest BCUT2D eigenvalue weighted by Gasteiger charge is -2.32. The largest absolute Gasteiger partial charge is 0.342 e. The van der Waals surface area contributed by atoms with Gasteiger partial charge in [0.05, 0.1) is 5.92 Å². The third-order valence-corrected chi connectivity index (χ3v) is 5.35. The molecule has 1 saturated heterocycles. The van der Waals surface area contributed by atoms with Gasteiger partial charge in [-0.25, -0.2) is 0 Å². The number of likely N-dealkylation sites (tertiary alicyclic amines) is 1. The Hall–Kier alpha value is -2.66. The fraction of sp³-hybridized carbons (Fsp3) is 0.391. The molecular weight excluding hydrogens is 350 g/mol. The molecule has 1 atom stereocenters. The van der Waals surface area contributed by atoms with Crippen molar-refractivity contribution in [3.63, 3.8) is 0 Å². The molecule has 2 aromatic carbocycles. The van der Waals surface area contributed by atoms with E-state index in [-0.39, 0.29) is 17.7 Å². The van der Waals surface area contributed by atoms with E-state index in [1.165, 1.54) is 5.56 Å². The minimum Gasteiger partial charge on any atom is -0.342 e. The van der Waals surface area contributed by atoms with Crippen LogP contribution in [0.5, 0.6) is 0 Å². The Kier molecular flexibility index (Phi) is 6.82. The molecule has 2 aromatic rings. The monoisotopic (exact) mass is 379 g/mol. The van der Waals surface area contributed by atoms with Crippen LogP contribution in [0.1, 0.15) is 30.9 Å². The van der Waals surface area contributed by atoms with Gasteiger partial charge in [-0.05, 0) is 36.6 Å². The van der Waals surface area contributed by atoms with Crippen molar-refractivity contribution in [1.29, 1.82) is 0 Å². The molecule has 1 heterocycles. The van der Waals surface area contributed by atoms with Crippen LogP contribution in [0, 0.1) is 5.92 Å². The van der Waals surface area contributed by atoms with Gasteiger partial charge in [0, 0.05) is 39.3 Å². The van der Waals surface area contributed by atoms with E-state index in [0.717, 1.165) is 43.7 Å². The van der Waals surface area contributed by atoms with Crippen molar-refractivity contribution in [2.24, 2.45) is 5.92 Å². The molecule has 5 heteroatoms. The zero-order chi connectivity index (χ0) is 19.9. The molecule has 1 aliphatic heterocycles. The molecular formula is C23H29N3O2. The number of carbonyl (C=O) groups excluding carboxylic acids is 2. The van der Waals surface area contributed by atoms with Gasteiger partial charge in [0.25, 0.3) is 0 Å². The number of anilines is 1. The zero-order valence-electron chi connectivity index (χ0n) is 16.7. The predicted octanol–water partition coefficient (Wildman–Crippen LogP) is 3.52. The van der Waals surface area contributed by atoms with E-state index in [1.807, 2.05) is 30.3 Å². The summed E-state index contributed by atoms with van der Waals surface area (Å²) in [6.45, 7) is 4.71. The van der Waals surface area contributed by atoms with Crippen molar-refractivity contribution < 1.29 is 9.59 Å². The Balaban J connectivity index is 1.62. The number of piperidine rings is 1. The van der Waals surface area contributed by atoms with Crippen molar-refractivity contribution >= 4 is 17.5 Å². The van der Waals surface area contributed by atoms with Gasteiger partial charge in [-0.1, -0.05) is 48.5 Å². The van der Waals surface area contributed by atoms with Crippen LogP contribution in [-0.2, 0) is 22.7 Å². The summed E-state index contributed by atoms with van der Waals surface area (Å²) < 4.78 is 0. The summed E-state index contributed by atoms with van der Waals surface area (Å²) >= 11 is 0.